The van der Waals surface area contributed by atoms with E-state index in [0.717, 1.165) is 53.8 Å². The van der Waals surface area contributed by atoms with Crippen molar-refractivity contribution >= 4 is 28.5 Å². The van der Waals surface area contributed by atoms with E-state index >= 15 is 0 Å². The molecular weight excluding hydrogens is 415 g/mol. The van der Waals surface area contributed by atoms with Crippen LogP contribution in [0.25, 0.3) is 28.1 Å². The van der Waals surface area contributed by atoms with Crippen LogP contribution in [0.5, 0.6) is 0 Å². The number of halogens is 2. The van der Waals surface area contributed by atoms with Gasteiger partial charge in [0.25, 0.3) is 0 Å². The molecule has 3 aromatic heterocycles. The molecule has 0 bridgehead atoms. The molecular formula is C23H22ClFN6. The molecule has 1 atom stereocenters. The quantitative estimate of drug-likeness (QED) is 0.483. The molecule has 31 heavy (non-hydrogen) atoms. The van der Waals surface area contributed by atoms with E-state index in [9.17, 15) is 4.39 Å². The Morgan fingerprint density at radius 1 is 1.23 bits per heavy atom. The van der Waals surface area contributed by atoms with Crippen molar-refractivity contribution in [2.75, 3.05) is 18.4 Å². The summed E-state index contributed by atoms with van der Waals surface area (Å²) in [6, 6.07) is 10.0. The van der Waals surface area contributed by atoms with Crippen LogP contribution in [0, 0.1) is 12.7 Å². The van der Waals surface area contributed by atoms with Crippen LogP contribution >= 0.6 is 11.6 Å². The summed E-state index contributed by atoms with van der Waals surface area (Å²) >= 11 is 6.26. The Morgan fingerprint density at radius 3 is 2.90 bits per heavy atom. The number of nitrogens with one attached hydrogen (secondary N) is 2. The molecule has 1 saturated heterocycles. The predicted octanol–water partition coefficient (Wildman–Crippen LogP) is 4.75. The van der Waals surface area contributed by atoms with Crippen LogP contribution in [0.15, 0.2) is 48.9 Å². The predicted molar refractivity (Wildman–Crippen MR) is 121 cm³/mol. The van der Waals surface area contributed by atoms with Crippen molar-refractivity contribution in [3.8, 4) is 17.1 Å². The average Bonchev–Trinajstić information content (AvgIpc) is 3.15. The molecule has 5 rings (SSSR count). The highest BCUT2D eigenvalue weighted by Crippen LogP contribution is 2.33. The van der Waals surface area contributed by atoms with Gasteiger partial charge in [-0.1, -0.05) is 29.8 Å². The molecule has 8 heteroatoms. The smallest absolute Gasteiger partial charge is 0.183 e. The topological polar surface area (TPSA) is 67.7 Å². The van der Waals surface area contributed by atoms with Crippen LogP contribution in [0.2, 0.25) is 5.02 Å². The molecule has 1 unspecified atom stereocenters. The zero-order chi connectivity index (χ0) is 21.4. The van der Waals surface area contributed by atoms with Crippen molar-refractivity contribution in [1.29, 1.82) is 0 Å². The molecule has 0 aliphatic carbocycles. The molecule has 158 valence electrons. The summed E-state index contributed by atoms with van der Waals surface area (Å²) in [5.74, 6) is 0.174. The van der Waals surface area contributed by atoms with Gasteiger partial charge in [0.1, 0.15) is 5.65 Å². The lowest BCUT2D eigenvalue weighted by atomic mass is 10.1. The Kier molecular flexibility index (Phi) is 5.29. The van der Waals surface area contributed by atoms with Gasteiger partial charge in [0.2, 0.25) is 0 Å². The first-order valence-electron chi connectivity index (χ1n) is 10.3. The van der Waals surface area contributed by atoms with Crippen LogP contribution < -0.4 is 10.6 Å². The summed E-state index contributed by atoms with van der Waals surface area (Å²) in [4.78, 5) is 13.4. The molecule has 0 spiro atoms. The third-order valence-corrected chi connectivity index (χ3v) is 5.81. The summed E-state index contributed by atoms with van der Waals surface area (Å²) < 4.78 is 16.5. The van der Waals surface area contributed by atoms with Crippen LogP contribution in [0.3, 0.4) is 0 Å². The fraction of sp³-hybridized carbons (Fsp3) is 0.261. The van der Waals surface area contributed by atoms with E-state index in [2.05, 4.69) is 25.6 Å². The van der Waals surface area contributed by atoms with E-state index in [4.69, 9.17) is 11.6 Å². The number of piperidine rings is 1. The van der Waals surface area contributed by atoms with E-state index in [-0.39, 0.29) is 11.9 Å². The van der Waals surface area contributed by atoms with Gasteiger partial charge in [-0.3, -0.25) is 0 Å². The molecule has 0 radical (unpaired) electrons. The van der Waals surface area contributed by atoms with Gasteiger partial charge in [-0.15, -0.1) is 0 Å². The Bertz CT molecular complexity index is 1250. The van der Waals surface area contributed by atoms with Gasteiger partial charge < -0.3 is 15.2 Å². The van der Waals surface area contributed by atoms with E-state index < -0.39 is 5.82 Å². The maximum absolute atomic E-state index is 14.5. The number of rotatable bonds is 4. The summed E-state index contributed by atoms with van der Waals surface area (Å²) in [5.41, 5.74) is 3.60. The molecule has 1 aliphatic rings. The fourth-order valence-corrected chi connectivity index (χ4v) is 4.20. The Labute approximate surface area is 184 Å². The summed E-state index contributed by atoms with van der Waals surface area (Å²) in [6.45, 7) is 3.82. The second-order valence-corrected chi connectivity index (χ2v) is 8.24. The van der Waals surface area contributed by atoms with Gasteiger partial charge in [-0.25, -0.2) is 19.3 Å². The monoisotopic (exact) mass is 436 g/mol. The average molecular weight is 437 g/mol. The van der Waals surface area contributed by atoms with Crippen molar-refractivity contribution in [2.24, 2.45) is 0 Å². The van der Waals surface area contributed by atoms with Crippen LogP contribution in [0.1, 0.15) is 18.4 Å². The van der Waals surface area contributed by atoms with E-state index in [1.807, 2.05) is 48.0 Å². The minimum Gasteiger partial charge on any atom is -0.364 e. The third kappa shape index (κ3) is 3.86. The largest absolute Gasteiger partial charge is 0.364 e. The number of nitrogens with zero attached hydrogens (tertiary/aromatic N) is 4. The Hall–Kier alpha value is -3.03. The zero-order valence-electron chi connectivity index (χ0n) is 17.1. The fourth-order valence-electron chi connectivity index (χ4n) is 4.04. The summed E-state index contributed by atoms with van der Waals surface area (Å²) in [6.07, 6.45) is 6.80. The number of aryl methyl sites for hydroxylation is 1. The minimum absolute atomic E-state index is 0.135. The standard InChI is InChI=1S/C23H22ClFN6/c1-14-5-2-3-7-20(14)31-13-18(17-9-15(24)10-28-23(17)31)21-27-12-19(25)22(30-21)29-16-6-4-8-26-11-16/h2-3,5,7,9-10,12-13,16,26H,4,6,8,11H2,1H3,(H,27,29,30). The number of anilines is 1. The maximum atomic E-state index is 14.5. The van der Waals surface area contributed by atoms with Gasteiger partial charge in [0, 0.05) is 41.6 Å². The summed E-state index contributed by atoms with van der Waals surface area (Å²) in [7, 11) is 0. The molecule has 4 heterocycles. The first-order chi connectivity index (χ1) is 15.1. The number of benzene rings is 1. The lowest BCUT2D eigenvalue weighted by molar-refractivity contribution is 0.476. The van der Waals surface area contributed by atoms with Gasteiger partial charge in [0.15, 0.2) is 17.5 Å². The van der Waals surface area contributed by atoms with Crippen LogP contribution in [-0.2, 0) is 0 Å². The second-order valence-electron chi connectivity index (χ2n) is 7.80. The van der Waals surface area contributed by atoms with Crippen molar-refractivity contribution in [3.63, 3.8) is 0 Å². The first kappa shape index (κ1) is 19.9. The zero-order valence-corrected chi connectivity index (χ0v) is 17.8. The van der Waals surface area contributed by atoms with Crippen molar-refractivity contribution in [3.05, 3.63) is 65.3 Å². The minimum atomic E-state index is -0.465. The van der Waals surface area contributed by atoms with Crippen molar-refractivity contribution in [1.82, 2.24) is 24.8 Å². The van der Waals surface area contributed by atoms with Crippen LogP contribution in [-0.4, -0.2) is 38.7 Å². The van der Waals surface area contributed by atoms with Gasteiger partial charge in [-0.05, 0) is 44.0 Å². The number of hydrogen-bond donors (Lipinski definition) is 2. The maximum Gasteiger partial charge on any atom is 0.183 e. The highest BCUT2D eigenvalue weighted by molar-refractivity contribution is 6.31. The number of aromatic nitrogens is 4. The molecule has 1 fully saturated rings. The first-order valence-corrected chi connectivity index (χ1v) is 10.7. The number of para-hydroxylation sites is 1. The lowest BCUT2D eigenvalue weighted by Gasteiger charge is -2.24. The number of pyridine rings is 1. The molecule has 0 saturated carbocycles. The van der Waals surface area contributed by atoms with Gasteiger partial charge in [-0.2, -0.15) is 0 Å². The normalized spacial score (nSPS) is 16.5. The molecule has 1 aromatic carbocycles. The Balaban J connectivity index is 1.63. The van der Waals surface area contributed by atoms with Crippen molar-refractivity contribution in [2.45, 2.75) is 25.8 Å². The number of hydrogen-bond acceptors (Lipinski definition) is 5. The molecule has 6 nitrogen and oxygen atoms in total. The molecule has 0 amide bonds. The molecule has 4 aromatic rings. The van der Waals surface area contributed by atoms with Gasteiger partial charge >= 0.3 is 0 Å². The molecule has 1 aliphatic heterocycles. The molecule has 2 N–H and O–H groups in total. The lowest BCUT2D eigenvalue weighted by Crippen LogP contribution is -2.38. The SMILES string of the molecule is Cc1ccccc1-n1cc(-c2ncc(F)c(NC3CCCNC3)n2)c2cc(Cl)cnc21. The van der Waals surface area contributed by atoms with E-state index in [1.165, 1.54) is 6.20 Å². The highest BCUT2D eigenvalue weighted by Gasteiger charge is 2.20. The van der Waals surface area contributed by atoms with E-state index in [0.29, 0.717) is 10.8 Å². The highest BCUT2D eigenvalue weighted by atomic mass is 35.5. The van der Waals surface area contributed by atoms with Crippen molar-refractivity contribution < 1.29 is 4.39 Å². The number of fused-ring (bicyclic) bond motifs is 1. The van der Waals surface area contributed by atoms with Crippen LogP contribution in [0.4, 0.5) is 10.2 Å². The summed E-state index contributed by atoms with van der Waals surface area (Å²) in [5, 5.41) is 7.88. The van der Waals surface area contributed by atoms with E-state index in [1.54, 1.807) is 6.20 Å². The van der Waals surface area contributed by atoms with Gasteiger partial charge in [0.05, 0.1) is 11.2 Å². The Morgan fingerprint density at radius 2 is 2.10 bits per heavy atom. The third-order valence-electron chi connectivity index (χ3n) is 5.61. The second kappa shape index (κ2) is 8.24.